The minimum absolute atomic E-state index is 0.0105. The van der Waals surface area contributed by atoms with Crippen molar-refractivity contribution in [1.82, 2.24) is 30.4 Å². The second kappa shape index (κ2) is 21.8. The molecule has 0 atom stereocenters. The predicted molar refractivity (Wildman–Crippen MR) is 278 cm³/mol. The van der Waals surface area contributed by atoms with Gasteiger partial charge in [0, 0.05) is 92.1 Å². The summed E-state index contributed by atoms with van der Waals surface area (Å²) in [5, 5.41) is 18.0. The Morgan fingerprint density at radius 3 is 1.49 bits per heavy atom. The maximum atomic E-state index is 13.3. The summed E-state index contributed by atoms with van der Waals surface area (Å²) in [5.74, 6) is 1.50. The fraction of sp³-hybridized carbons (Fsp3) is 0.500. The summed E-state index contributed by atoms with van der Waals surface area (Å²) in [7, 11) is 0. The summed E-state index contributed by atoms with van der Waals surface area (Å²) < 4.78 is 16.3. The number of pyridine rings is 2. The van der Waals surface area contributed by atoms with E-state index in [0.717, 1.165) is 67.1 Å². The lowest BCUT2D eigenvalue weighted by atomic mass is 10.1. The highest BCUT2D eigenvalue weighted by Crippen LogP contribution is 2.31. The van der Waals surface area contributed by atoms with Gasteiger partial charge in [0.2, 0.25) is 0 Å². The lowest BCUT2D eigenvalue weighted by molar-refractivity contribution is 0.291. The molecule has 2 aromatic heterocycles. The molecule has 0 amide bonds. The first-order valence-corrected chi connectivity index (χ1v) is 23.9. The Kier molecular flexibility index (Phi) is 17.5. The second-order valence-electron chi connectivity index (χ2n) is 20.9. The van der Waals surface area contributed by atoms with E-state index in [1.165, 1.54) is 0 Å². The predicted octanol–water partition coefficient (Wildman–Crippen LogP) is 11.4. The summed E-state index contributed by atoms with van der Waals surface area (Å²) in [4.78, 5) is 26.5. The molecule has 0 fully saturated rings. The molecule has 4 aromatic carbocycles. The van der Waals surface area contributed by atoms with E-state index in [9.17, 15) is 9.59 Å². The van der Waals surface area contributed by atoms with Gasteiger partial charge in [0.25, 0.3) is 0 Å². The average molecular weight is 951 g/mol. The molecule has 0 radical (unpaired) electrons. The Labute approximate surface area is 400 Å². The highest BCUT2D eigenvalue weighted by Gasteiger charge is 2.18. The number of aromatic nitrogens is 2. The molecule has 0 saturated heterocycles. The van der Waals surface area contributed by atoms with Crippen molar-refractivity contribution in [2.24, 2.45) is 0 Å². The van der Waals surface area contributed by atoms with Crippen LogP contribution in [0.25, 0.3) is 43.6 Å². The highest BCUT2D eigenvalue weighted by atomic mass is 35.5. The number of benzene rings is 4. The number of hydrogen-bond donors (Lipinski definition) is 4. The van der Waals surface area contributed by atoms with Gasteiger partial charge in [0.1, 0.15) is 18.1 Å². The maximum Gasteiger partial charge on any atom is 0.197 e. The van der Waals surface area contributed by atoms with Crippen LogP contribution in [-0.2, 0) is 13.1 Å². The Balaban J connectivity index is 0.000000245. The fourth-order valence-electron chi connectivity index (χ4n) is 7.54. The van der Waals surface area contributed by atoms with Gasteiger partial charge in [-0.25, -0.2) is 0 Å². The quantitative estimate of drug-likeness (QED) is 0.0561. The van der Waals surface area contributed by atoms with E-state index < -0.39 is 0 Å². The summed E-state index contributed by atoms with van der Waals surface area (Å²) in [5.41, 5.74) is 3.37. The number of aryl methyl sites for hydroxylation is 1. The molecule has 6 aromatic rings. The van der Waals surface area contributed by atoms with Gasteiger partial charge in [-0.2, -0.15) is 0 Å². The average Bonchev–Trinajstić information content (AvgIpc) is 3.19. The smallest absolute Gasteiger partial charge is 0.197 e. The van der Waals surface area contributed by atoms with E-state index in [1.807, 2.05) is 48.5 Å². The van der Waals surface area contributed by atoms with Gasteiger partial charge in [-0.05, 0) is 164 Å². The van der Waals surface area contributed by atoms with Gasteiger partial charge < -0.3 is 39.9 Å². The first-order chi connectivity index (χ1) is 30.3. The molecule has 13 heteroatoms. The minimum atomic E-state index is -0.0700. The molecule has 354 valence electrons. The molecule has 0 aliphatic carbocycles. The van der Waals surface area contributed by atoms with Crippen LogP contribution in [0.3, 0.4) is 0 Å². The highest BCUT2D eigenvalue weighted by molar-refractivity contribution is 6.38. The standard InChI is InChI=1S/C27H37Cl2N3O2.C25H34ClN3O2/c1-26(2,3)30-11-7-13-32-23-17-19(34-14-8-12-31-27(4,5)6)9-10-20(23)25(33)21-15-18(28)16-22(29)24(21)32;1-24(2,3)27-11-13-29-21-15-17(26)7-9-19(21)23(30)20-10-8-18(16-22(20)29)31-14-12-28-25(4,5)6/h9-10,15-17,30-31H,7-8,11-14H2,1-6H3;7-10,15-16,27-28H,11-14H2,1-6H3. The van der Waals surface area contributed by atoms with E-state index in [2.05, 4.69) is 113 Å². The molecule has 0 aliphatic heterocycles. The maximum absolute atomic E-state index is 13.3. The summed E-state index contributed by atoms with van der Waals surface area (Å²) in [6.45, 7) is 31.5. The normalized spacial score (nSPS) is 12.6. The minimum Gasteiger partial charge on any atom is -0.493 e. The van der Waals surface area contributed by atoms with E-state index in [1.54, 1.807) is 18.2 Å². The van der Waals surface area contributed by atoms with Gasteiger partial charge in [-0.1, -0.05) is 34.8 Å². The number of halogens is 3. The third kappa shape index (κ3) is 15.3. The molecule has 10 nitrogen and oxygen atoms in total. The summed E-state index contributed by atoms with van der Waals surface area (Å²) in [6.07, 6.45) is 1.77. The number of nitrogens with one attached hydrogen (secondary N) is 4. The van der Waals surface area contributed by atoms with Crippen molar-refractivity contribution in [1.29, 1.82) is 0 Å². The van der Waals surface area contributed by atoms with Gasteiger partial charge >= 0.3 is 0 Å². The van der Waals surface area contributed by atoms with Crippen LogP contribution in [0.4, 0.5) is 0 Å². The first kappa shape index (κ1) is 52.1. The number of rotatable bonds is 16. The van der Waals surface area contributed by atoms with Crippen molar-refractivity contribution in [3.63, 3.8) is 0 Å². The number of fused-ring (bicyclic) bond motifs is 4. The van der Waals surface area contributed by atoms with E-state index in [-0.39, 0.29) is 33.0 Å². The Hall–Kier alpha value is -3.87. The van der Waals surface area contributed by atoms with Crippen molar-refractivity contribution < 1.29 is 9.47 Å². The molecule has 0 spiro atoms. The summed E-state index contributed by atoms with van der Waals surface area (Å²) >= 11 is 19.2. The third-order valence-electron chi connectivity index (χ3n) is 10.5. The molecule has 65 heavy (non-hydrogen) atoms. The van der Waals surface area contributed by atoms with Crippen LogP contribution >= 0.6 is 34.8 Å². The van der Waals surface area contributed by atoms with Crippen molar-refractivity contribution in [3.05, 3.63) is 102 Å². The molecule has 0 aliphatic rings. The molecule has 2 heterocycles. The van der Waals surface area contributed by atoms with E-state index in [0.29, 0.717) is 68.4 Å². The molecular formula is C52H71Cl3N6O4. The van der Waals surface area contributed by atoms with E-state index >= 15 is 0 Å². The SMILES string of the molecule is CC(C)(C)NCCCOc1ccc2c(=O)c3cc(Cl)cc(Cl)c3n(CCCNC(C)(C)C)c2c1.CC(C)(C)NCCOc1ccc2c(=O)c3ccc(Cl)cc3n(CCNC(C)(C)C)c2c1. The zero-order chi connectivity index (χ0) is 47.9. The van der Waals surface area contributed by atoms with Crippen molar-refractivity contribution in [3.8, 4) is 11.5 Å². The molecule has 0 unspecified atom stereocenters. The largest absolute Gasteiger partial charge is 0.493 e. The number of hydrogen-bond acceptors (Lipinski definition) is 8. The van der Waals surface area contributed by atoms with Crippen LogP contribution in [-0.4, -0.2) is 70.7 Å². The second-order valence-corrected chi connectivity index (χ2v) is 22.2. The Morgan fingerprint density at radius 2 is 0.923 bits per heavy atom. The molecule has 4 N–H and O–H groups in total. The van der Waals surface area contributed by atoms with Crippen molar-refractivity contribution in [2.75, 3.05) is 39.4 Å². The van der Waals surface area contributed by atoms with Crippen LogP contribution < -0.4 is 41.6 Å². The molecular weight excluding hydrogens is 879 g/mol. The van der Waals surface area contributed by atoms with E-state index in [4.69, 9.17) is 44.3 Å². The van der Waals surface area contributed by atoms with Crippen LogP contribution in [0.1, 0.15) is 95.9 Å². The monoisotopic (exact) mass is 948 g/mol. The fourth-order valence-corrected chi connectivity index (χ4v) is 8.31. The Bertz CT molecular complexity index is 2700. The Morgan fingerprint density at radius 1 is 0.462 bits per heavy atom. The van der Waals surface area contributed by atoms with Crippen LogP contribution in [0.5, 0.6) is 11.5 Å². The van der Waals surface area contributed by atoms with Crippen molar-refractivity contribution >= 4 is 78.4 Å². The summed E-state index contributed by atoms with van der Waals surface area (Å²) in [6, 6.07) is 20.2. The molecule has 6 rings (SSSR count). The zero-order valence-electron chi connectivity index (χ0n) is 40.6. The number of nitrogens with zero attached hydrogens (tertiary/aromatic N) is 2. The van der Waals surface area contributed by atoms with Gasteiger partial charge in [-0.15, -0.1) is 0 Å². The zero-order valence-corrected chi connectivity index (χ0v) is 42.9. The molecule has 0 saturated carbocycles. The van der Waals surface area contributed by atoms with Crippen LogP contribution in [0.15, 0.2) is 76.3 Å². The van der Waals surface area contributed by atoms with Crippen LogP contribution in [0.2, 0.25) is 15.1 Å². The lowest BCUT2D eigenvalue weighted by Crippen LogP contribution is -2.38. The molecule has 0 bridgehead atoms. The van der Waals surface area contributed by atoms with Gasteiger partial charge in [0.05, 0.1) is 33.7 Å². The first-order valence-electron chi connectivity index (χ1n) is 22.8. The third-order valence-corrected chi connectivity index (χ3v) is 11.3. The topological polar surface area (TPSA) is 111 Å². The van der Waals surface area contributed by atoms with Gasteiger partial charge in [0.15, 0.2) is 10.9 Å². The van der Waals surface area contributed by atoms with Crippen molar-refractivity contribution in [2.45, 2.75) is 131 Å². The lowest BCUT2D eigenvalue weighted by Gasteiger charge is -2.23. The van der Waals surface area contributed by atoms with Crippen LogP contribution in [0, 0.1) is 0 Å². The van der Waals surface area contributed by atoms with Gasteiger partial charge in [-0.3, -0.25) is 9.59 Å². The number of ether oxygens (including phenoxy) is 2.